The number of hydrogen-bond donors (Lipinski definition) is 3. The summed E-state index contributed by atoms with van der Waals surface area (Å²) < 4.78 is 0. The van der Waals surface area contributed by atoms with Crippen molar-refractivity contribution in [2.45, 2.75) is 18.9 Å². The lowest BCUT2D eigenvalue weighted by atomic mass is 9.97. The maximum absolute atomic E-state index is 11.5. The van der Waals surface area contributed by atoms with Gasteiger partial charge in [0.2, 0.25) is 0 Å². The third kappa shape index (κ3) is 2.80. The minimum atomic E-state index is -0.489. The molecular weight excluding hydrogens is 204 g/mol. The molecule has 14 heavy (non-hydrogen) atoms. The van der Waals surface area contributed by atoms with Gasteiger partial charge in [-0.15, -0.1) is 12.4 Å². The molecule has 80 valence electrons. The number of carbonyl (C=O) groups excluding carboxylic acids is 1. The van der Waals surface area contributed by atoms with Gasteiger partial charge in [0.25, 0.3) is 0 Å². The average molecular weight is 219 g/mol. The van der Waals surface area contributed by atoms with Crippen molar-refractivity contribution in [1.29, 1.82) is 0 Å². The van der Waals surface area contributed by atoms with Gasteiger partial charge in [-0.3, -0.25) is 4.79 Å². The molecule has 0 saturated heterocycles. The van der Waals surface area contributed by atoms with Crippen LogP contribution in [-0.2, 0) is 4.79 Å². The Labute approximate surface area is 88.7 Å². The van der Waals surface area contributed by atoms with Gasteiger partial charge in [-0.1, -0.05) is 0 Å². The predicted molar refractivity (Wildman–Crippen MR) is 56.3 cm³/mol. The Morgan fingerprint density at radius 2 is 2.36 bits per heavy atom. The monoisotopic (exact) mass is 218 g/mol. The summed E-state index contributed by atoms with van der Waals surface area (Å²) in [5.74, 6) is -0.422. The zero-order valence-electron chi connectivity index (χ0n) is 7.93. The molecule has 0 bridgehead atoms. The number of H-pyrrole nitrogens is 1. The van der Waals surface area contributed by atoms with Gasteiger partial charge >= 0.3 is 0 Å². The lowest BCUT2D eigenvalue weighted by Crippen LogP contribution is -2.35. The van der Waals surface area contributed by atoms with Crippen LogP contribution < -0.4 is 11.5 Å². The Bertz CT molecular complexity index is 273. The van der Waals surface area contributed by atoms with Crippen LogP contribution in [0.15, 0.2) is 12.5 Å². The number of nitrogens with two attached hydrogens (primary N) is 2. The highest BCUT2D eigenvalue weighted by Crippen LogP contribution is 2.12. The third-order valence-corrected chi connectivity index (χ3v) is 1.92. The number of nitrogens with one attached hydrogen (secondary N) is 1. The summed E-state index contributed by atoms with van der Waals surface area (Å²) in [6.45, 7) is 1.91. The Kier molecular flexibility index (Phi) is 5.37. The summed E-state index contributed by atoms with van der Waals surface area (Å²) in [5.41, 5.74) is 11.7. The highest BCUT2D eigenvalue weighted by Gasteiger charge is 2.22. The smallest absolute Gasteiger partial charge is 0.159 e. The fourth-order valence-corrected chi connectivity index (χ4v) is 1.17. The first kappa shape index (κ1) is 13.1. The third-order valence-electron chi connectivity index (χ3n) is 1.92. The van der Waals surface area contributed by atoms with E-state index in [1.807, 2.05) is 0 Å². The fraction of sp³-hybridized carbons (Fsp3) is 0.500. The van der Waals surface area contributed by atoms with Crippen molar-refractivity contribution in [3.05, 3.63) is 18.2 Å². The number of carbonyl (C=O) groups is 1. The van der Waals surface area contributed by atoms with Crippen molar-refractivity contribution in [3.8, 4) is 0 Å². The van der Waals surface area contributed by atoms with Crippen molar-refractivity contribution in [1.82, 2.24) is 9.97 Å². The van der Waals surface area contributed by atoms with Gasteiger partial charge in [0.15, 0.2) is 5.78 Å². The predicted octanol–water partition coefficient (Wildman–Crippen LogP) is -0.210. The van der Waals surface area contributed by atoms with E-state index in [0.717, 1.165) is 5.69 Å². The molecule has 5 nitrogen and oxygen atoms in total. The number of hydrogen-bond acceptors (Lipinski definition) is 4. The minimum Gasteiger partial charge on any atom is -0.348 e. The first-order valence-corrected chi connectivity index (χ1v) is 4.14. The van der Waals surface area contributed by atoms with E-state index in [-0.39, 0.29) is 30.7 Å². The molecule has 0 aromatic carbocycles. The maximum Gasteiger partial charge on any atom is 0.159 e. The molecule has 0 aliphatic rings. The Balaban J connectivity index is 0.00000169. The molecule has 5 N–H and O–H groups in total. The normalized spacial score (nSPS) is 14.2. The first-order valence-electron chi connectivity index (χ1n) is 4.14. The van der Waals surface area contributed by atoms with Gasteiger partial charge in [-0.25, -0.2) is 4.98 Å². The molecule has 0 spiro atoms. The summed E-state index contributed by atoms with van der Waals surface area (Å²) in [4.78, 5) is 18.2. The average Bonchev–Trinajstić information content (AvgIpc) is 2.58. The molecule has 0 aliphatic carbocycles. The summed E-state index contributed by atoms with van der Waals surface area (Å²) >= 11 is 0. The number of rotatable bonds is 4. The first-order chi connectivity index (χ1) is 6.16. The van der Waals surface area contributed by atoms with Gasteiger partial charge in [0.05, 0.1) is 18.3 Å². The van der Waals surface area contributed by atoms with E-state index in [1.54, 1.807) is 13.1 Å². The Hall–Kier alpha value is -0.910. The number of imidazole rings is 1. The highest BCUT2D eigenvalue weighted by molar-refractivity contribution is 5.89. The summed E-state index contributed by atoms with van der Waals surface area (Å²) in [6, 6.07) is -0.489. The molecular formula is C8H15ClN4O. The molecule has 6 heteroatoms. The number of aromatic amines is 1. The maximum atomic E-state index is 11.5. The number of nitrogens with zero attached hydrogens (tertiary/aromatic N) is 1. The van der Waals surface area contributed by atoms with Crippen LogP contribution in [0, 0.1) is 0 Å². The van der Waals surface area contributed by atoms with E-state index in [9.17, 15) is 4.79 Å². The van der Waals surface area contributed by atoms with E-state index in [4.69, 9.17) is 11.5 Å². The molecule has 0 amide bonds. The van der Waals surface area contributed by atoms with Crippen LogP contribution in [0.25, 0.3) is 0 Å². The van der Waals surface area contributed by atoms with Crippen molar-refractivity contribution in [3.63, 3.8) is 0 Å². The van der Waals surface area contributed by atoms with E-state index < -0.39 is 6.04 Å². The van der Waals surface area contributed by atoms with Crippen LogP contribution in [0.3, 0.4) is 0 Å². The molecule has 0 fully saturated rings. The number of halogens is 1. The summed E-state index contributed by atoms with van der Waals surface area (Å²) in [7, 11) is 0. The number of Topliss-reactive ketones (excluding diaryl/α,β-unsaturated/α-hetero) is 1. The van der Waals surface area contributed by atoms with Gasteiger partial charge < -0.3 is 16.5 Å². The van der Waals surface area contributed by atoms with Crippen LogP contribution in [0.1, 0.15) is 18.5 Å². The number of aromatic nitrogens is 2. The molecule has 1 aromatic rings. The second kappa shape index (κ2) is 5.74. The van der Waals surface area contributed by atoms with Crippen molar-refractivity contribution < 1.29 is 4.79 Å². The Morgan fingerprint density at radius 1 is 1.71 bits per heavy atom. The largest absolute Gasteiger partial charge is 0.348 e. The van der Waals surface area contributed by atoms with Gasteiger partial charge in [0.1, 0.15) is 0 Å². The van der Waals surface area contributed by atoms with Crippen LogP contribution in [0.5, 0.6) is 0 Å². The minimum absolute atomic E-state index is 0. The molecule has 0 aliphatic heterocycles. The quantitative estimate of drug-likeness (QED) is 0.652. The second-order valence-corrected chi connectivity index (χ2v) is 2.99. The summed E-state index contributed by atoms with van der Waals surface area (Å²) in [6.07, 6.45) is 3.12. The topological polar surface area (TPSA) is 97.8 Å². The SMILES string of the molecule is C[C@H](N)C(=O)C(CN)c1cnc[nH]1.Cl. The van der Waals surface area contributed by atoms with E-state index >= 15 is 0 Å². The zero-order valence-corrected chi connectivity index (χ0v) is 8.75. The van der Waals surface area contributed by atoms with Crippen molar-refractivity contribution >= 4 is 18.2 Å². The van der Waals surface area contributed by atoms with Gasteiger partial charge in [0, 0.05) is 18.4 Å². The fourth-order valence-electron chi connectivity index (χ4n) is 1.17. The number of ketones is 1. The Morgan fingerprint density at radius 3 is 2.71 bits per heavy atom. The molecule has 2 atom stereocenters. The second-order valence-electron chi connectivity index (χ2n) is 2.99. The standard InChI is InChI=1S/C8H14N4O.ClH/c1-5(10)8(13)6(2-9)7-3-11-4-12-7;/h3-6H,2,9-10H2,1H3,(H,11,12);1H/t5-,6?;/m0./s1. The van der Waals surface area contributed by atoms with E-state index in [0.29, 0.717) is 0 Å². The van der Waals surface area contributed by atoms with Crippen LogP contribution >= 0.6 is 12.4 Å². The molecule has 1 heterocycles. The lowest BCUT2D eigenvalue weighted by molar-refractivity contribution is -0.121. The van der Waals surface area contributed by atoms with Gasteiger partial charge in [-0.2, -0.15) is 0 Å². The van der Waals surface area contributed by atoms with E-state index in [2.05, 4.69) is 9.97 Å². The lowest BCUT2D eigenvalue weighted by Gasteiger charge is -2.13. The van der Waals surface area contributed by atoms with E-state index in [1.165, 1.54) is 6.33 Å². The van der Waals surface area contributed by atoms with Crippen LogP contribution in [0.4, 0.5) is 0 Å². The molecule has 1 unspecified atom stereocenters. The molecule has 1 rings (SSSR count). The van der Waals surface area contributed by atoms with Crippen molar-refractivity contribution in [2.75, 3.05) is 6.54 Å². The van der Waals surface area contributed by atoms with Crippen LogP contribution in [-0.4, -0.2) is 28.3 Å². The molecule has 0 saturated carbocycles. The van der Waals surface area contributed by atoms with Crippen molar-refractivity contribution in [2.24, 2.45) is 11.5 Å². The van der Waals surface area contributed by atoms with Gasteiger partial charge in [-0.05, 0) is 6.92 Å². The molecule has 0 radical (unpaired) electrons. The zero-order chi connectivity index (χ0) is 9.84. The highest BCUT2D eigenvalue weighted by atomic mass is 35.5. The molecule has 1 aromatic heterocycles. The summed E-state index contributed by atoms with van der Waals surface area (Å²) in [5, 5.41) is 0. The van der Waals surface area contributed by atoms with Crippen LogP contribution in [0.2, 0.25) is 0 Å².